The van der Waals surface area contributed by atoms with Gasteiger partial charge in [0, 0.05) is 18.2 Å². The molecule has 2 aromatic rings. The fourth-order valence-electron chi connectivity index (χ4n) is 3.79. The molecule has 2 fully saturated rings. The lowest BCUT2D eigenvalue weighted by Gasteiger charge is -2.16. The number of anilines is 2. The Bertz CT molecular complexity index is 1160. The summed E-state index contributed by atoms with van der Waals surface area (Å²) in [5, 5.41) is -0.524. The molecule has 0 spiro atoms. The van der Waals surface area contributed by atoms with Crippen molar-refractivity contribution < 1.29 is 23.6 Å². The van der Waals surface area contributed by atoms with Gasteiger partial charge in [0.2, 0.25) is 23.6 Å². The third kappa shape index (κ3) is 3.78. The van der Waals surface area contributed by atoms with Gasteiger partial charge in [-0.1, -0.05) is 13.8 Å². The van der Waals surface area contributed by atoms with Crippen molar-refractivity contribution in [2.45, 2.75) is 37.2 Å². The van der Waals surface area contributed by atoms with E-state index in [0.29, 0.717) is 16.8 Å². The van der Waals surface area contributed by atoms with E-state index in [0.717, 1.165) is 15.6 Å². The van der Waals surface area contributed by atoms with Crippen LogP contribution in [0.4, 0.5) is 11.4 Å². The van der Waals surface area contributed by atoms with Crippen molar-refractivity contribution >= 4 is 69.5 Å². The molecule has 8 nitrogen and oxygen atoms in total. The summed E-state index contributed by atoms with van der Waals surface area (Å²) in [6, 6.07) is 6.00. The van der Waals surface area contributed by atoms with E-state index in [9.17, 15) is 24.0 Å². The molecule has 0 N–H and O–H groups in total. The molecule has 2 aliphatic rings. The Balaban J connectivity index is 1.73. The van der Waals surface area contributed by atoms with Crippen LogP contribution in [0, 0.1) is 0 Å². The Hall–Kier alpha value is -2.59. The van der Waals surface area contributed by atoms with E-state index in [-0.39, 0.29) is 35.9 Å². The number of rotatable bonds is 6. The molecular weight excluding hydrogens is 440 g/mol. The van der Waals surface area contributed by atoms with Crippen molar-refractivity contribution in [1.82, 2.24) is 0 Å². The molecule has 0 saturated carbocycles. The van der Waals surface area contributed by atoms with Crippen LogP contribution in [0.1, 0.15) is 26.7 Å². The van der Waals surface area contributed by atoms with E-state index in [1.54, 1.807) is 12.1 Å². The lowest BCUT2D eigenvalue weighted by atomic mass is 10.2. The molecule has 162 valence electrons. The van der Waals surface area contributed by atoms with Gasteiger partial charge in [0.15, 0.2) is 0 Å². The topological polar surface area (TPSA) is 105 Å². The number of benzene rings is 1. The smallest absolute Gasteiger partial charge is 0.360 e. The third-order valence-electron chi connectivity index (χ3n) is 5.14. The molecule has 0 bridgehead atoms. The molecule has 2 saturated heterocycles. The van der Waals surface area contributed by atoms with Crippen molar-refractivity contribution in [1.29, 1.82) is 0 Å². The molecule has 0 radical (unpaired) electrons. The molecule has 2 atom stereocenters. The Morgan fingerprint density at radius 3 is 2.06 bits per heavy atom. The first-order valence-corrected chi connectivity index (χ1v) is 12.0. The van der Waals surface area contributed by atoms with Gasteiger partial charge in [-0.25, -0.2) is 14.6 Å². The van der Waals surface area contributed by atoms with E-state index < -0.39 is 27.9 Å². The molecule has 4 amide bonds. The predicted molar refractivity (Wildman–Crippen MR) is 121 cm³/mol. The highest BCUT2D eigenvalue weighted by molar-refractivity contribution is 8.00. The van der Waals surface area contributed by atoms with Gasteiger partial charge in [0.1, 0.15) is 11.3 Å². The fourth-order valence-corrected chi connectivity index (χ4v) is 5.61. The quantitative estimate of drug-likeness (QED) is 0.478. The van der Waals surface area contributed by atoms with E-state index in [1.165, 1.54) is 35.7 Å². The summed E-state index contributed by atoms with van der Waals surface area (Å²) in [6.45, 7) is 3.82. The number of hydrogen-bond acceptors (Lipinski definition) is 8. The summed E-state index contributed by atoms with van der Waals surface area (Å²) < 4.78 is 5.33. The standard InChI is InChI=1S/C21H20N2O6S2/c1-3-30-15-9-17(24)22(19(15)26)12-5-6-14-11(7-12)8-13(21(28)29-14)23-18(25)10-16(20(23)27)31-4-2/h5-8,15-16H,3-4,9-10H2,1-2H3. The normalized spacial score (nSPS) is 21.7. The van der Waals surface area contributed by atoms with Gasteiger partial charge in [-0.3, -0.25) is 19.2 Å². The first-order valence-electron chi connectivity index (χ1n) is 9.90. The van der Waals surface area contributed by atoms with E-state index in [4.69, 9.17) is 4.42 Å². The fraction of sp³-hybridized carbons (Fsp3) is 0.381. The maximum absolute atomic E-state index is 12.7. The number of thioether (sulfide) groups is 2. The number of nitrogens with zero attached hydrogens (tertiary/aromatic N) is 2. The summed E-state index contributed by atoms with van der Waals surface area (Å²) in [6.07, 6.45) is 0.167. The largest absolute Gasteiger partial charge is 0.421 e. The van der Waals surface area contributed by atoms with E-state index in [1.807, 2.05) is 13.8 Å². The maximum atomic E-state index is 12.7. The van der Waals surface area contributed by atoms with Gasteiger partial charge >= 0.3 is 5.63 Å². The zero-order chi connectivity index (χ0) is 22.3. The highest BCUT2D eigenvalue weighted by Crippen LogP contribution is 2.33. The van der Waals surface area contributed by atoms with Gasteiger partial charge < -0.3 is 4.42 Å². The van der Waals surface area contributed by atoms with Gasteiger partial charge in [-0.2, -0.15) is 0 Å². The Labute approximate surface area is 186 Å². The average molecular weight is 461 g/mol. The summed E-state index contributed by atoms with van der Waals surface area (Å²) >= 11 is 2.78. The summed E-state index contributed by atoms with van der Waals surface area (Å²) in [4.78, 5) is 64.7. The van der Waals surface area contributed by atoms with Crippen LogP contribution in [0.25, 0.3) is 11.0 Å². The number of carbonyl (C=O) groups excluding carboxylic acids is 4. The third-order valence-corrected chi connectivity index (χ3v) is 7.35. The molecule has 4 rings (SSSR count). The number of fused-ring (bicyclic) bond motifs is 1. The van der Waals surface area contributed by atoms with E-state index in [2.05, 4.69) is 0 Å². The SMILES string of the molecule is CCSC1CC(=O)N(c2ccc3oc(=O)c(N4C(=O)CC(SCC)C4=O)cc3c2)C1=O. The van der Waals surface area contributed by atoms with Crippen molar-refractivity contribution in [3.63, 3.8) is 0 Å². The highest BCUT2D eigenvalue weighted by Gasteiger charge is 2.42. The Kier molecular flexibility index (Phi) is 5.94. The summed E-state index contributed by atoms with van der Waals surface area (Å²) in [5.41, 5.74) is -0.358. The number of hydrogen-bond donors (Lipinski definition) is 0. The monoisotopic (exact) mass is 460 g/mol. The Morgan fingerprint density at radius 1 is 0.871 bits per heavy atom. The van der Waals surface area contributed by atoms with Crippen molar-refractivity contribution in [2.75, 3.05) is 21.3 Å². The molecule has 1 aromatic heterocycles. The van der Waals surface area contributed by atoms with Crippen LogP contribution < -0.4 is 15.4 Å². The summed E-state index contributed by atoms with van der Waals surface area (Å²) in [5.74, 6) is -0.0797. The molecule has 10 heteroatoms. The van der Waals surface area contributed by atoms with Crippen molar-refractivity contribution in [3.8, 4) is 0 Å². The van der Waals surface area contributed by atoms with Crippen LogP contribution in [0.2, 0.25) is 0 Å². The van der Waals surface area contributed by atoms with Gasteiger partial charge in [0.05, 0.1) is 16.2 Å². The molecule has 31 heavy (non-hydrogen) atoms. The van der Waals surface area contributed by atoms with Crippen LogP contribution >= 0.6 is 23.5 Å². The molecule has 3 heterocycles. The Morgan fingerprint density at radius 2 is 1.45 bits per heavy atom. The average Bonchev–Trinajstić information content (AvgIpc) is 3.16. The minimum Gasteiger partial charge on any atom is -0.421 e. The molecular formula is C21H20N2O6S2. The lowest BCUT2D eigenvalue weighted by molar-refractivity contribution is -0.122. The highest BCUT2D eigenvalue weighted by atomic mass is 32.2. The van der Waals surface area contributed by atoms with Crippen LogP contribution in [-0.2, 0) is 19.2 Å². The summed E-state index contributed by atoms with van der Waals surface area (Å²) in [7, 11) is 0. The first-order chi connectivity index (χ1) is 14.8. The van der Waals surface area contributed by atoms with Crippen molar-refractivity contribution in [3.05, 3.63) is 34.7 Å². The van der Waals surface area contributed by atoms with Gasteiger partial charge in [-0.15, -0.1) is 23.5 Å². The van der Waals surface area contributed by atoms with Gasteiger partial charge in [0.25, 0.3) is 0 Å². The van der Waals surface area contributed by atoms with E-state index >= 15 is 0 Å². The zero-order valence-electron chi connectivity index (χ0n) is 17.0. The van der Waals surface area contributed by atoms with Crippen LogP contribution in [0.5, 0.6) is 0 Å². The number of carbonyl (C=O) groups is 4. The lowest BCUT2D eigenvalue weighted by Crippen LogP contribution is -2.34. The molecule has 1 aromatic carbocycles. The number of amides is 4. The maximum Gasteiger partial charge on any atom is 0.360 e. The first kappa shape index (κ1) is 21.6. The minimum absolute atomic E-state index is 0.0299. The van der Waals surface area contributed by atoms with Crippen LogP contribution in [-0.4, -0.2) is 45.6 Å². The van der Waals surface area contributed by atoms with Crippen LogP contribution in [0.3, 0.4) is 0 Å². The van der Waals surface area contributed by atoms with Crippen LogP contribution in [0.15, 0.2) is 33.5 Å². The minimum atomic E-state index is -0.795. The predicted octanol–water partition coefficient (Wildman–Crippen LogP) is 2.56. The molecule has 0 aliphatic carbocycles. The molecule has 2 unspecified atom stereocenters. The van der Waals surface area contributed by atoms with Gasteiger partial charge in [-0.05, 0) is 35.8 Å². The molecule has 2 aliphatic heterocycles. The second kappa shape index (κ2) is 8.51. The second-order valence-electron chi connectivity index (χ2n) is 7.07. The number of imide groups is 2. The zero-order valence-corrected chi connectivity index (χ0v) is 18.6. The van der Waals surface area contributed by atoms with Crippen molar-refractivity contribution in [2.24, 2.45) is 0 Å². The second-order valence-corrected chi connectivity index (χ2v) is 10.0.